The second-order valence-corrected chi connectivity index (χ2v) is 6.85. The molecule has 0 aliphatic heterocycles. The van der Waals surface area contributed by atoms with Crippen molar-refractivity contribution in [2.24, 2.45) is 0 Å². The van der Waals surface area contributed by atoms with Gasteiger partial charge < -0.3 is 10.1 Å². The molecule has 0 aliphatic carbocycles. The van der Waals surface area contributed by atoms with Gasteiger partial charge in [-0.3, -0.25) is 30.0 Å². The maximum Gasteiger partial charge on any atom is 0.306 e. The number of benzene rings is 2. The van der Waals surface area contributed by atoms with E-state index in [-0.39, 0.29) is 18.7 Å². The van der Waals surface area contributed by atoms with Crippen LogP contribution in [0.1, 0.15) is 28.8 Å². The molecular weight excluding hydrogens is 442 g/mol. The summed E-state index contributed by atoms with van der Waals surface area (Å²) in [6, 6.07) is 15.9. The molecule has 0 unspecified atom stereocenters. The van der Waals surface area contributed by atoms with Gasteiger partial charge in [-0.05, 0) is 29.8 Å². The Kier molecular flexibility index (Phi) is 8.84. The van der Waals surface area contributed by atoms with Crippen LogP contribution in [0.5, 0.6) is 0 Å². The summed E-state index contributed by atoms with van der Waals surface area (Å²) in [4.78, 5) is 46.9. The Bertz CT molecular complexity index is 856. The molecule has 152 valence electrons. The van der Waals surface area contributed by atoms with Gasteiger partial charge in [0.05, 0.1) is 6.42 Å². The molecule has 0 saturated carbocycles. The first-order chi connectivity index (χ1) is 13.9. The number of halogens is 1. The maximum absolute atomic E-state index is 11.8. The van der Waals surface area contributed by atoms with Gasteiger partial charge in [0.1, 0.15) is 0 Å². The summed E-state index contributed by atoms with van der Waals surface area (Å²) in [5.74, 6) is -2.18. The molecule has 0 saturated heterocycles. The van der Waals surface area contributed by atoms with E-state index in [1.54, 1.807) is 24.3 Å². The van der Waals surface area contributed by atoms with Gasteiger partial charge in [-0.15, -0.1) is 0 Å². The van der Waals surface area contributed by atoms with Crippen LogP contribution < -0.4 is 16.2 Å². The van der Waals surface area contributed by atoms with Crippen molar-refractivity contribution in [2.75, 3.05) is 6.61 Å². The van der Waals surface area contributed by atoms with E-state index in [4.69, 9.17) is 4.74 Å². The monoisotopic (exact) mass is 461 g/mol. The number of rotatable bonds is 8. The van der Waals surface area contributed by atoms with Crippen LogP contribution in [-0.2, 0) is 25.7 Å². The fourth-order valence-electron chi connectivity index (χ4n) is 2.15. The van der Waals surface area contributed by atoms with Gasteiger partial charge in [0, 0.05) is 23.0 Å². The second kappa shape index (κ2) is 11.6. The zero-order valence-electron chi connectivity index (χ0n) is 15.4. The minimum Gasteiger partial charge on any atom is -0.455 e. The van der Waals surface area contributed by atoms with E-state index in [1.165, 1.54) is 0 Å². The lowest BCUT2D eigenvalue weighted by atomic mass is 10.2. The molecule has 8 nitrogen and oxygen atoms in total. The molecule has 0 bridgehead atoms. The van der Waals surface area contributed by atoms with Crippen LogP contribution in [0.3, 0.4) is 0 Å². The summed E-state index contributed by atoms with van der Waals surface area (Å²) in [5.41, 5.74) is 5.67. The SMILES string of the molecule is O=C(CCC(=O)OCC(=O)NNC(=O)c1ccc(Br)cc1)NCc1ccccc1. The van der Waals surface area contributed by atoms with Crippen molar-refractivity contribution >= 4 is 39.6 Å². The lowest BCUT2D eigenvalue weighted by Gasteiger charge is -2.08. The van der Waals surface area contributed by atoms with E-state index in [9.17, 15) is 19.2 Å². The number of nitrogens with one attached hydrogen (secondary N) is 3. The van der Waals surface area contributed by atoms with Crippen molar-refractivity contribution < 1.29 is 23.9 Å². The number of ether oxygens (including phenoxy) is 1. The number of amides is 3. The second-order valence-electron chi connectivity index (χ2n) is 5.93. The summed E-state index contributed by atoms with van der Waals surface area (Å²) in [7, 11) is 0. The van der Waals surface area contributed by atoms with Crippen molar-refractivity contribution in [3.8, 4) is 0 Å². The van der Waals surface area contributed by atoms with Gasteiger partial charge in [-0.1, -0.05) is 46.3 Å². The number of carbonyl (C=O) groups is 4. The molecule has 0 fully saturated rings. The van der Waals surface area contributed by atoms with Gasteiger partial charge in [0.15, 0.2) is 6.61 Å². The smallest absolute Gasteiger partial charge is 0.306 e. The maximum atomic E-state index is 11.8. The lowest BCUT2D eigenvalue weighted by molar-refractivity contribution is -0.149. The summed E-state index contributed by atoms with van der Waals surface area (Å²) in [6.45, 7) is -0.194. The highest BCUT2D eigenvalue weighted by Crippen LogP contribution is 2.10. The average Bonchev–Trinajstić information content (AvgIpc) is 2.74. The van der Waals surface area contributed by atoms with Crippen molar-refractivity contribution in [1.29, 1.82) is 0 Å². The molecule has 2 aromatic carbocycles. The highest BCUT2D eigenvalue weighted by atomic mass is 79.9. The molecule has 2 aromatic rings. The minimum atomic E-state index is -0.697. The van der Waals surface area contributed by atoms with Crippen LogP contribution in [0.4, 0.5) is 0 Å². The van der Waals surface area contributed by atoms with Crippen LogP contribution in [0.2, 0.25) is 0 Å². The highest BCUT2D eigenvalue weighted by molar-refractivity contribution is 9.10. The molecule has 0 heterocycles. The van der Waals surface area contributed by atoms with Crippen LogP contribution in [0.25, 0.3) is 0 Å². The minimum absolute atomic E-state index is 0.0480. The number of hydrazine groups is 1. The third-order valence-electron chi connectivity index (χ3n) is 3.67. The van der Waals surface area contributed by atoms with Crippen LogP contribution in [0, 0.1) is 0 Å². The van der Waals surface area contributed by atoms with Gasteiger partial charge in [-0.25, -0.2) is 0 Å². The summed E-state index contributed by atoms with van der Waals surface area (Å²) in [6.07, 6.45) is -0.202. The van der Waals surface area contributed by atoms with Crippen molar-refractivity contribution in [1.82, 2.24) is 16.2 Å². The number of carbonyl (C=O) groups excluding carboxylic acids is 4. The quantitative estimate of drug-likeness (QED) is 0.410. The Morgan fingerprint density at radius 3 is 2.21 bits per heavy atom. The first-order valence-corrected chi connectivity index (χ1v) is 9.54. The van der Waals surface area contributed by atoms with E-state index in [0.717, 1.165) is 10.0 Å². The largest absolute Gasteiger partial charge is 0.455 e. The van der Waals surface area contributed by atoms with Crippen LogP contribution in [0.15, 0.2) is 59.1 Å². The molecular formula is C20H20BrN3O5. The van der Waals surface area contributed by atoms with E-state index in [1.807, 2.05) is 30.3 Å². The van der Waals surface area contributed by atoms with E-state index < -0.39 is 24.4 Å². The molecule has 3 N–H and O–H groups in total. The summed E-state index contributed by atoms with van der Waals surface area (Å²) >= 11 is 3.26. The van der Waals surface area contributed by atoms with Crippen molar-refractivity contribution in [3.05, 3.63) is 70.2 Å². The molecule has 0 spiro atoms. The third kappa shape index (κ3) is 8.56. The molecule has 2 rings (SSSR count). The van der Waals surface area contributed by atoms with Crippen molar-refractivity contribution in [2.45, 2.75) is 19.4 Å². The first-order valence-electron chi connectivity index (χ1n) is 8.75. The van der Waals surface area contributed by atoms with Crippen LogP contribution >= 0.6 is 15.9 Å². The van der Waals surface area contributed by atoms with Gasteiger partial charge in [-0.2, -0.15) is 0 Å². The fraction of sp³-hybridized carbons (Fsp3) is 0.200. The fourth-order valence-corrected chi connectivity index (χ4v) is 2.42. The molecule has 0 aliphatic rings. The Balaban J connectivity index is 1.59. The summed E-state index contributed by atoms with van der Waals surface area (Å²) in [5, 5.41) is 2.69. The number of esters is 1. The van der Waals surface area contributed by atoms with Crippen LogP contribution in [-0.4, -0.2) is 30.3 Å². The zero-order valence-corrected chi connectivity index (χ0v) is 17.0. The average molecular weight is 462 g/mol. The molecule has 0 atom stereocenters. The predicted molar refractivity (Wildman–Crippen MR) is 108 cm³/mol. The number of hydrogen-bond acceptors (Lipinski definition) is 5. The number of hydrogen-bond donors (Lipinski definition) is 3. The van der Waals surface area contributed by atoms with E-state index in [2.05, 4.69) is 32.1 Å². The Labute approximate surface area is 176 Å². The van der Waals surface area contributed by atoms with Crippen molar-refractivity contribution in [3.63, 3.8) is 0 Å². The third-order valence-corrected chi connectivity index (χ3v) is 4.20. The Morgan fingerprint density at radius 1 is 0.828 bits per heavy atom. The Hall–Kier alpha value is -3.20. The van der Waals surface area contributed by atoms with Gasteiger partial charge in [0.2, 0.25) is 5.91 Å². The summed E-state index contributed by atoms with van der Waals surface area (Å²) < 4.78 is 5.60. The highest BCUT2D eigenvalue weighted by Gasteiger charge is 2.11. The van der Waals surface area contributed by atoms with Gasteiger partial charge >= 0.3 is 5.97 Å². The topological polar surface area (TPSA) is 114 Å². The Morgan fingerprint density at radius 2 is 1.52 bits per heavy atom. The molecule has 9 heteroatoms. The lowest BCUT2D eigenvalue weighted by Crippen LogP contribution is -2.43. The van der Waals surface area contributed by atoms with E-state index >= 15 is 0 Å². The molecule has 0 radical (unpaired) electrons. The normalized spacial score (nSPS) is 9.97. The molecule has 0 aromatic heterocycles. The standard InChI is InChI=1S/C20H20BrN3O5/c21-16-8-6-15(7-9-16)20(28)24-23-18(26)13-29-19(27)11-10-17(25)22-12-14-4-2-1-3-5-14/h1-9H,10-13H2,(H,22,25)(H,23,26)(H,24,28). The zero-order chi connectivity index (χ0) is 21.1. The predicted octanol–water partition coefficient (Wildman–Crippen LogP) is 1.85. The van der Waals surface area contributed by atoms with E-state index in [0.29, 0.717) is 12.1 Å². The molecule has 29 heavy (non-hydrogen) atoms. The first kappa shape index (κ1) is 22.1. The van der Waals surface area contributed by atoms with Gasteiger partial charge in [0.25, 0.3) is 11.8 Å². The molecule has 3 amide bonds.